The molecular weight excluding hydrogens is 371 g/mol. The number of halogens is 3. The highest BCUT2D eigenvalue weighted by molar-refractivity contribution is 9.10. The number of benzene rings is 1. The Morgan fingerprint density at radius 1 is 1.40 bits per heavy atom. The quantitative estimate of drug-likeness (QED) is 0.883. The average Bonchev–Trinajstić information content (AvgIpc) is 2.30. The van der Waals surface area contributed by atoms with Gasteiger partial charge in [-0.25, -0.2) is 12.8 Å². The SMILES string of the molecule is Cc1ccncc1NS(=O)(=O)c1c(Cl)cc(F)cc1Br. The van der Waals surface area contributed by atoms with Gasteiger partial charge in [0.25, 0.3) is 10.0 Å². The molecule has 0 saturated heterocycles. The zero-order chi connectivity index (χ0) is 14.9. The normalized spacial score (nSPS) is 11.4. The molecule has 0 saturated carbocycles. The van der Waals surface area contributed by atoms with Crippen LogP contribution in [0.1, 0.15) is 5.56 Å². The van der Waals surface area contributed by atoms with Gasteiger partial charge in [-0.3, -0.25) is 9.71 Å². The molecular formula is C12H9BrClFN2O2S. The first kappa shape index (κ1) is 15.2. The van der Waals surface area contributed by atoms with Gasteiger partial charge in [-0.05, 0) is 46.6 Å². The Morgan fingerprint density at radius 2 is 2.10 bits per heavy atom. The van der Waals surface area contributed by atoms with Gasteiger partial charge >= 0.3 is 0 Å². The average molecular weight is 380 g/mol. The molecule has 0 aliphatic rings. The van der Waals surface area contributed by atoms with Crippen molar-refractivity contribution in [1.82, 2.24) is 4.98 Å². The summed E-state index contributed by atoms with van der Waals surface area (Å²) in [5, 5.41) is -0.203. The van der Waals surface area contributed by atoms with Crippen molar-refractivity contribution in [2.45, 2.75) is 11.8 Å². The molecule has 0 amide bonds. The molecule has 20 heavy (non-hydrogen) atoms. The van der Waals surface area contributed by atoms with E-state index in [-0.39, 0.29) is 14.4 Å². The fraction of sp³-hybridized carbons (Fsp3) is 0.0833. The van der Waals surface area contributed by atoms with Gasteiger partial charge in [-0.2, -0.15) is 0 Å². The molecule has 0 atom stereocenters. The van der Waals surface area contributed by atoms with E-state index in [1.807, 2.05) is 0 Å². The summed E-state index contributed by atoms with van der Waals surface area (Å²) in [5.41, 5.74) is 1.04. The number of pyridine rings is 1. The minimum Gasteiger partial charge on any atom is -0.278 e. The first-order valence-electron chi connectivity index (χ1n) is 5.39. The van der Waals surface area contributed by atoms with Crippen LogP contribution in [-0.2, 0) is 10.0 Å². The summed E-state index contributed by atoms with van der Waals surface area (Å²) in [6.45, 7) is 1.74. The fourth-order valence-electron chi connectivity index (χ4n) is 1.55. The Labute approximate surface area is 129 Å². The van der Waals surface area contributed by atoms with Gasteiger partial charge in [0.05, 0.1) is 16.9 Å². The van der Waals surface area contributed by atoms with Crippen LogP contribution in [-0.4, -0.2) is 13.4 Å². The van der Waals surface area contributed by atoms with E-state index in [0.29, 0.717) is 11.3 Å². The third-order valence-corrected chi connectivity index (χ3v) is 5.28. The van der Waals surface area contributed by atoms with E-state index in [1.165, 1.54) is 6.20 Å². The highest BCUT2D eigenvalue weighted by Gasteiger charge is 2.23. The van der Waals surface area contributed by atoms with Gasteiger partial charge in [0.15, 0.2) is 0 Å². The van der Waals surface area contributed by atoms with Gasteiger partial charge in [0, 0.05) is 10.7 Å². The highest BCUT2D eigenvalue weighted by atomic mass is 79.9. The van der Waals surface area contributed by atoms with E-state index >= 15 is 0 Å². The lowest BCUT2D eigenvalue weighted by Gasteiger charge is -2.12. The summed E-state index contributed by atoms with van der Waals surface area (Å²) in [5.74, 6) is -0.626. The van der Waals surface area contributed by atoms with E-state index < -0.39 is 15.8 Å². The van der Waals surface area contributed by atoms with Crippen molar-refractivity contribution < 1.29 is 12.8 Å². The zero-order valence-electron chi connectivity index (χ0n) is 10.2. The standard InChI is InChI=1S/C12H9BrClFN2O2S/c1-7-2-3-16-6-11(7)17-20(18,19)12-9(13)4-8(15)5-10(12)14/h2-6,17H,1H3. The monoisotopic (exact) mass is 378 g/mol. The number of hydrogen-bond acceptors (Lipinski definition) is 3. The third kappa shape index (κ3) is 3.11. The number of aryl methyl sites for hydroxylation is 1. The van der Waals surface area contributed by atoms with Crippen molar-refractivity contribution in [3.8, 4) is 0 Å². The van der Waals surface area contributed by atoms with Crippen LogP contribution < -0.4 is 4.72 Å². The summed E-state index contributed by atoms with van der Waals surface area (Å²) < 4.78 is 40.2. The predicted molar refractivity (Wildman–Crippen MR) is 78.9 cm³/mol. The Kier molecular flexibility index (Phi) is 4.31. The van der Waals surface area contributed by atoms with Crippen molar-refractivity contribution in [3.05, 3.63) is 51.5 Å². The molecule has 0 aliphatic heterocycles. The Hall–Kier alpha value is -1.18. The predicted octanol–water partition coefficient (Wildman–Crippen LogP) is 3.75. The van der Waals surface area contributed by atoms with Gasteiger partial charge in [0.2, 0.25) is 0 Å². The Bertz CT molecular complexity index is 745. The molecule has 0 fully saturated rings. The minimum absolute atomic E-state index is 0.0524. The van der Waals surface area contributed by atoms with Crippen LogP contribution in [0, 0.1) is 12.7 Å². The molecule has 4 nitrogen and oxygen atoms in total. The molecule has 8 heteroatoms. The first-order valence-corrected chi connectivity index (χ1v) is 8.04. The summed E-state index contributed by atoms with van der Waals surface area (Å²) in [7, 11) is -3.95. The van der Waals surface area contributed by atoms with Gasteiger partial charge in [-0.15, -0.1) is 0 Å². The first-order chi connectivity index (χ1) is 9.31. The molecule has 1 aromatic carbocycles. The van der Waals surface area contributed by atoms with Gasteiger partial charge in [-0.1, -0.05) is 11.6 Å². The molecule has 1 N–H and O–H groups in total. The maximum absolute atomic E-state index is 13.1. The maximum atomic E-state index is 13.1. The second-order valence-corrected chi connectivity index (χ2v) is 6.88. The summed E-state index contributed by atoms with van der Waals surface area (Å²) >= 11 is 8.83. The fourth-order valence-corrected chi connectivity index (χ4v) is 4.49. The molecule has 0 aliphatic carbocycles. The van der Waals surface area contributed by atoms with Gasteiger partial charge in [0.1, 0.15) is 10.7 Å². The van der Waals surface area contributed by atoms with Crippen LogP contribution in [0.15, 0.2) is 40.0 Å². The van der Waals surface area contributed by atoms with E-state index in [1.54, 1.807) is 19.2 Å². The molecule has 106 valence electrons. The number of hydrogen-bond donors (Lipinski definition) is 1. The molecule has 0 spiro atoms. The second-order valence-electron chi connectivity index (χ2n) is 3.99. The zero-order valence-corrected chi connectivity index (χ0v) is 13.4. The lowest BCUT2D eigenvalue weighted by Crippen LogP contribution is -2.15. The van der Waals surface area contributed by atoms with E-state index in [0.717, 1.165) is 12.1 Å². The number of sulfonamides is 1. The number of nitrogens with one attached hydrogen (secondary N) is 1. The number of rotatable bonds is 3. The van der Waals surface area contributed by atoms with Crippen molar-refractivity contribution >= 4 is 43.2 Å². The summed E-state index contributed by atoms with van der Waals surface area (Å²) in [4.78, 5) is 3.63. The smallest absolute Gasteiger partial charge is 0.264 e. The molecule has 0 radical (unpaired) electrons. The molecule has 0 unspecified atom stereocenters. The third-order valence-electron chi connectivity index (χ3n) is 2.52. The molecule has 2 rings (SSSR count). The van der Waals surface area contributed by atoms with Crippen LogP contribution in [0.2, 0.25) is 5.02 Å². The van der Waals surface area contributed by atoms with E-state index in [4.69, 9.17) is 11.6 Å². The number of nitrogens with zero attached hydrogens (tertiary/aromatic N) is 1. The molecule has 0 bridgehead atoms. The van der Waals surface area contributed by atoms with Crippen molar-refractivity contribution in [3.63, 3.8) is 0 Å². The van der Waals surface area contributed by atoms with E-state index in [2.05, 4.69) is 25.6 Å². The van der Waals surface area contributed by atoms with Crippen molar-refractivity contribution in [2.75, 3.05) is 4.72 Å². The van der Waals surface area contributed by atoms with Gasteiger partial charge < -0.3 is 0 Å². The Morgan fingerprint density at radius 3 is 2.70 bits per heavy atom. The lowest BCUT2D eigenvalue weighted by atomic mass is 10.3. The highest BCUT2D eigenvalue weighted by Crippen LogP contribution is 2.32. The number of aromatic nitrogens is 1. The second kappa shape index (κ2) is 5.67. The van der Waals surface area contributed by atoms with E-state index in [9.17, 15) is 12.8 Å². The van der Waals surface area contributed by atoms with Crippen LogP contribution in [0.3, 0.4) is 0 Å². The molecule has 2 aromatic rings. The summed E-state index contributed by atoms with van der Waals surface area (Å²) in [6, 6.07) is 3.65. The van der Waals surface area contributed by atoms with Crippen molar-refractivity contribution in [2.24, 2.45) is 0 Å². The maximum Gasteiger partial charge on any atom is 0.264 e. The molecule has 1 heterocycles. The van der Waals surface area contributed by atoms with Crippen LogP contribution in [0.5, 0.6) is 0 Å². The van der Waals surface area contributed by atoms with Crippen molar-refractivity contribution in [1.29, 1.82) is 0 Å². The molecule has 1 aromatic heterocycles. The van der Waals surface area contributed by atoms with Crippen LogP contribution in [0.25, 0.3) is 0 Å². The Balaban J connectivity index is 2.50. The van der Waals surface area contributed by atoms with Crippen LogP contribution >= 0.6 is 27.5 Å². The topological polar surface area (TPSA) is 59.1 Å². The number of anilines is 1. The minimum atomic E-state index is -3.95. The largest absolute Gasteiger partial charge is 0.278 e. The summed E-state index contributed by atoms with van der Waals surface area (Å²) in [6.07, 6.45) is 2.94. The lowest BCUT2D eigenvalue weighted by molar-refractivity contribution is 0.599. The van der Waals surface area contributed by atoms with Crippen LogP contribution in [0.4, 0.5) is 10.1 Å².